The minimum atomic E-state index is -3.33. The van der Waals surface area contributed by atoms with E-state index in [2.05, 4.69) is 120 Å². The zero-order chi connectivity index (χ0) is 26.8. The van der Waals surface area contributed by atoms with E-state index < -0.39 is 5.31 Å². The molecule has 0 unspecified atom stereocenters. The van der Waals surface area contributed by atoms with E-state index in [-0.39, 0.29) is 5.54 Å². The molecule has 0 fully saturated rings. The van der Waals surface area contributed by atoms with E-state index in [0.29, 0.717) is 30.2 Å². The summed E-state index contributed by atoms with van der Waals surface area (Å²) in [4.78, 5) is 4.95. The normalized spacial score (nSPS) is 15.6. The molecular weight excluding hydrogens is 557 g/mol. The zero-order valence-corrected chi connectivity index (χ0v) is 24.7. The second-order valence-corrected chi connectivity index (χ2v) is 19.1. The fraction of sp³-hybridized carbons (Fsp3) is 0.219. The van der Waals surface area contributed by atoms with Gasteiger partial charge in [-0.25, -0.2) is 0 Å². The Bertz CT molecular complexity index is 1360. The van der Waals surface area contributed by atoms with Crippen LogP contribution in [-0.2, 0) is 10.9 Å². The van der Waals surface area contributed by atoms with Gasteiger partial charge in [-0.2, -0.15) is 0 Å². The predicted molar refractivity (Wildman–Crippen MR) is 164 cm³/mol. The average molecular weight is 590 g/mol. The Morgan fingerprint density at radius 3 is 1.66 bits per heavy atom. The molecule has 4 aromatic carbocycles. The molecule has 5 rings (SSSR count). The summed E-state index contributed by atoms with van der Waals surface area (Å²) in [7, 11) is 3.37. The van der Waals surface area contributed by atoms with Gasteiger partial charge in [0.25, 0.3) is 0 Å². The van der Waals surface area contributed by atoms with Gasteiger partial charge in [0.05, 0.1) is 0 Å². The van der Waals surface area contributed by atoms with E-state index in [0.717, 1.165) is 11.1 Å². The zero-order valence-electron chi connectivity index (χ0n) is 22.2. The van der Waals surface area contributed by atoms with Crippen LogP contribution < -0.4 is 25.4 Å². The molecule has 0 saturated carbocycles. The molecule has 0 radical (unpaired) electrons. The van der Waals surface area contributed by atoms with Crippen LogP contribution >= 0.6 is 20.8 Å². The molecule has 1 heterocycles. The van der Waals surface area contributed by atoms with Crippen molar-refractivity contribution in [3.63, 3.8) is 0 Å². The number of hydrogen-bond acceptors (Lipinski definition) is 4. The Morgan fingerprint density at radius 2 is 1.26 bits per heavy atom. The van der Waals surface area contributed by atoms with E-state index >= 15 is 0 Å². The molecule has 0 aromatic heterocycles. The first-order chi connectivity index (χ1) is 18.3. The number of aliphatic imine (C=N–C) groups is 1. The number of nitrogens with zero attached hydrogens (tertiary/aromatic N) is 1. The maximum absolute atomic E-state index is 6.19. The van der Waals surface area contributed by atoms with Crippen LogP contribution in [0.25, 0.3) is 0 Å². The van der Waals surface area contributed by atoms with Gasteiger partial charge in [0.1, 0.15) is 0 Å². The molecule has 0 bridgehead atoms. The van der Waals surface area contributed by atoms with Crippen molar-refractivity contribution in [2.75, 3.05) is 20.8 Å². The van der Waals surface area contributed by atoms with Crippen LogP contribution in [-0.4, -0.2) is 32.3 Å². The molecule has 0 saturated heterocycles. The van der Waals surface area contributed by atoms with Crippen LogP contribution in [0, 0.1) is 0 Å². The second kappa shape index (κ2) is 10.2. The van der Waals surface area contributed by atoms with Gasteiger partial charge in [-0.3, -0.25) is 0 Å². The molecule has 0 spiro atoms. The first-order valence-electron chi connectivity index (χ1n) is 12.7. The van der Waals surface area contributed by atoms with Crippen molar-refractivity contribution >= 4 is 42.6 Å². The molecule has 0 atom stereocenters. The summed E-state index contributed by atoms with van der Waals surface area (Å²) in [5.74, 6) is 2.01. The monoisotopic (exact) mass is 589 g/mol. The van der Waals surface area contributed by atoms with E-state index in [1.54, 1.807) is 14.2 Å². The van der Waals surface area contributed by atoms with Crippen molar-refractivity contribution in [2.24, 2.45) is 4.99 Å². The molecule has 196 valence electrons. The molecule has 1 aliphatic rings. The number of ether oxygens (including phenoxy) is 3. The third-order valence-electron chi connectivity index (χ3n) is 7.18. The topological polar surface area (TPSA) is 40.0 Å². The van der Waals surface area contributed by atoms with Gasteiger partial charge in [-0.1, -0.05) is 0 Å². The van der Waals surface area contributed by atoms with Crippen molar-refractivity contribution in [1.82, 2.24) is 0 Å². The van der Waals surface area contributed by atoms with Crippen molar-refractivity contribution < 1.29 is 14.2 Å². The van der Waals surface area contributed by atoms with Crippen LogP contribution in [0.1, 0.15) is 25.0 Å². The third-order valence-corrected chi connectivity index (χ3v) is 16.7. The molecule has 0 amide bonds. The Balaban J connectivity index is 1.89. The van der Waals surface area contributed by atoms with Crippen LogP contribution in [0.3, 0.4) is 0 Å². The van der Waals surface area contributed by atoms with Gasteiger partial charge in [0, 0.05) is 0 Å². The average Bonchev–Trinajstić information content (AvgIpc) is 3.33. The van der Waals surface area contributed by atoms with E-state index in [1.165, 1.54) is 15.9 Å². The first-order valence-corrected chi connectivity index (χ1v) is 17.1. The van der Waals surface area contributed by atoms with Crippen LogP contribution in [0.15, 0.2) is 108 Å². The van der Waals surface area contributed by atoms with Crippen molar-refractivity contribution in [2.45, 2.75) is 25.5 Å². The van der Waals surface area contributed by atoms with Crippen LogP contribution in [0.5, 0.6) is 11.5 Å². The van der Waals surface area contributed by atoms with Gasteiger partial charge in [-0.15, -0.1) is 0 Å². The van der Waals surface area contributed by atoms with E-state index in [1.807, 2.05) is 12.1 Å². The summed E-state index contributed by atoms with van der Waals surface area (Å²) in [5, 5.41) is 0.342. The third kappa shape index (κ3) is 4.42. The predicted octanol–water partition coefficient (Wildman–Crippen LogP) is 6.60. The second-order valence-electron chi connectivity index (χ2n) is 10.2. The molecule has 0 N–H and O–H groups in total. The maximum atomic E-state index is 6.19. The van der Waals surface area contributed by atoms with Crippen LogP contribution in [0.4, 0.5) is 0 Å². The van der Waals surface area contributed by atoms with Crippen molar-refractivity contribution in [1.29, 1.82) is 0 Å². The summed E-state index contributed by atoms with van der Waals surface area (Å²) >= 11 is 4.58. The van der Waals surface area contributed by atoms with Gasteiger partial charge >= 0.3 is 234 Å². The number of halogens is 1. The molecule has 4 aromatic rings. The SMILES string of the molecule is COc1ccc(C2=NC(C)(C)CO2)c(CP(Br)(c2ccccc2)(c2ccccc2)c2ccccc2)c1OC. The number of benzene rings is 4. The molecule has 1 aliphatic heterocycles. The number of rotatable bonds is 8. The summed E-state index contributed by atoms with van der Waals surface area (Å²) in [6, 6.07) is 36.2. The molecule has 0 aliphatic carbocycles. The van der Waals surface area contributed by atoms with Crippen molar-refractivity contribution in [3.05, 3.63) is 114 Å². The van der Waals surface area contributed by atoms with Gasteiger partial charge in [0.2, 0.25) is 0 Å². The first kappa shape index (κ1) is 26.5. The molecular formula is C32H33BrNO3P. The Morgan fingerprint density at radius 1 is 0.763 bits per heavy atom. The summed E-state index contributed by atoms with van der Waals surface area (Å²) in [5.41, 5.74) is 1.62. The van der Waals surface area contributed by atoms with Crippen molar-refractivity contribution in [3.8, 4) is 11.5 Å². The Kier molecular flexibility index (Phi) is 7.11. The number of methoxy groups -OCH3 is 2. The molecule has 38 heavy (non-hydrogen) atoms. The van der Waals surface area contributed by atoms with Gasteiger partial charge in [0.15, 0.2) is 0 Å². The summed E-state index contributed by atoms with van der Waals surface area (Å²) in [6.45, 7) is 4.70. The fourth-order valence-corrected chi connectivity index (χ4v) is 12.9. The minimum absolute atomic E-state index is 0.294. The van der Waals surface area contributed by atoms with Gasteiger partial charge in [-0.05, 0) is 0 Å². The standard InChI is InChI=1S/C32H33BrNO3P/c1-32(2)23-37-31(34-32)27-20-21-29(35-3)30(36-4)28(27)22-38(33,24-14-8-5-9-15-24,25-16-10-6-11-17-25)26-18-12-7-13-19-26/h5-21H,22-23H2,1-4H3. The Labute approximate surface area is 233 Å². The fourth-order valence-electron chi connectivity index (χ4n) is 5.31. The Hall–Kier alpha value is -3.14. The molecule has 6 heteroatoms. The quantitative estimate of drug-likeness (QED) is 0.217. The molecule has 4 nitrogen and oxygen atoms in total. The van der Waals surface area contributed by atoms with E-state index in [9.17, 15) is 0 Å². The summed E-state index contributed by atoms with van der Waals surface area (Å²) in [6.07, 6.45) is 0.627. The van der Waals surface area contributed by atoms with E-state index in [4.69, 9.17) is 19.2 Å². The van der Waals surface area contributed by atoms with Crippen LogP contribution in [0.2, 0.25) is 0 Å². The summed E-state index contributed by atoms with van der Waals surface area (Å²) < 4.78 is 18.1. The van der Waals surface area contributed by atoms with Gasteiger partial charge < -0.3 is 0 Å². The number of hydrogen-bond donors (Lipinski definition) is 0.